The Bertz CT molecular complexity index is 989. The van der Waals surface area contributed by atoms with E-state index < -0.39 is 0 Å². The van der Waals surface area contributed by atoms with Gasteiger partial charge in [-0.05, 0) is 43.4 Å². The number of para-hydroxylation sites is 1. The van der Waals surface area contributed by atoms with E-state index in [1.807, 2.05) is 24.3 Å². The van der Waals surface area contributed by atoms with Gasteiger partial charge in [-0.25, -0.2) is 19.9 Å². The number of benzene rings is 1. The maximum Gasteiger partial charge on any atom is 0.227 e. The maximum absolute atomic E-state index is 9.22. The Morgan fingerprint density at radius 3 is 2.81 bits per heavy atom. The Kier molecular flexibility index (Phi) is 4.15. The molecule has 0 amide bonds. The number of aromatic nitrogens is 4. The molecule has 0 bridgehead atoms. The lowest BCUT2D eigenvalue weighted by atomic mass is 10.1. The first-order chi connectivity index (χ1) is 12.7. The average molecular weight is 343 g/mol. The summed E-state index contributed by atoms with van der Waals surface area (Å²) in [5.41, 5.74) is 9.48. The number of nitrogen functional groups attached to an aromatic ring is 1. The number of nitrogens with zero attached hydrogens (tertiary/aromatic N) is 5. The van der Waals surface area contributed by atoms with E-state index >= 15 is 0 Å². The molecule has 4 rings (SSSR count). The molecular formula is C19H17N7. The lowest BCUT2D eigenvalue weighted by Crippen LogP contribution is -2.05. The van der Waals surface area contributed by atoms with Crippen molar-refractivity contribution >= 4 is 17.6 Å². The molecule has 0 spiro atoms. The van der Waals surface area contributed by atoms with Crippen LogP contribution in [0.3, 0.4) is 0 Å². The first kappa shape index (κ1) is 16.0. The van der Waals surface area contributed by atoms with Gasteiger partial charge in [-0.15, -0.1) is 0 Å². The predicted octanol–water partition coefficient (Wildman–Crippen LogP) is 3.08. The number of hydrogen-bond donors (Lipinski definition) is 2. The van der Waals surface area contributed by atoms with E-state index in [1.165, 1.54) is 12.8 Å². The topological polar surface area (TPSA) is 113 Å². The van der Waals surface area contributed by atoms with Crippen molar-refractivity contribution in [3.05, 3.63) is 54.0 Å². The summed E-state index contributed by atoms with van der Waals surface area (Å²) in [6.45, 7) is 0. The summed E-state index contributed by atoms with van der Waals surface area (Å²) >= 11 is 0. The van der Waals surface area contributed by atoms with Crippen LogP contribution in [0.25, 0.3) is 11.3 Å². The van der Waals surface area contributed by atoms with Gasteiger partial charge in [0.15, 0.2) is 0 Å². The third kappa shape index (κ3) is 3.44. The zero-order chi connectivity index (χ0) is 17.9. The molecule has 3 N–H and O–H groups in total. The van der Waals surface area contributed by atoms with Gasteiger partial charge in [0.1, 0.15) is 6.07 Å². The van der Waals surface area contributed by atoms with Crippen molar-refractivity contribution in [3.63, 3.8) is 0 Å². The van der Waals surface area contributed by atoms with Crippen molar-refractivity contribution in [1.82, 2.24) is 19.9 Å². The quantitative estimate of drug-likeness (QED) is 0.731. The zero-order valence-electron chi connectivity index (χ0n) is 14.1. The largest absolute Gasteiger partial charge is 0.368 e. The number of nitrogens with two attached hydrogens (primary N) is 1. The van der Waals surface area contributed by atoms with E-state index in [-0.39, 0.29) is 5.95 Å². The van der Waals surface area contributed by atoms with Crippen LogP contribution in [0.1, 0.15) is 24.1 Å². The van der Waals surface area contributed by atoms with Gasteiger partial charge in [-0.2, -0.15) is 5.26 Å². The zero-order valence-corrected chi connectivity index (χ0v) is 14.1. The second-order valence-electron chi connectivity index (χ2n) is 6.28. The van der Waals surface area contributed by atoms with Gasteiger partial charge >= 0.3 is 0 Å². The van der Waals surface area contributed by atoms with Crippen LogP contribution in [0.5, 0.6) is 0 Å². The number of rotatable bonds is 5. The molecule has 7 nitrogen and oxygen atoms in total. The Morgan fingerprint density at radius 2 is 2.00 bits per heavy atom. The number of anilines is 3. The van der Waals surface area contributed by atoms with Gasteiger partial charge in [0, 0.05) is 18.0 Å². The van der Waals surface area contributed by atoms with E-state index in [4.69, 9.17) is 5.73 Å². The second-order valence-corrected chi connectivity index (χ2v) is 6.28. The molecule has 26 heavy (non-hydrogen) atoms. The molecule has 2 heterocycles. The van der Waals surface area contributed by atoms with Crippen LogP contribution in [0.2, 0.25) is 0 Å². The summed E-state index contributed by atoms with van der Waals surface area (Å²) < 4.78 is 0. The van der Waals surface area contributed by atoms with Gasteiger partial charge in [0.2, 0.25) is 11.9 Å². The molecule has 0 aliphatic heterocycles. The van der Waals surface area contributed by atoms with Gasteiger partial charge in [-0.3, -0.25) is 0 Å². The van der Waals surface area contributed by atoms with Crippen LogP contribution in [0.4, 0.5) is 17.6 Å². The van der Waals surface area contributed by atoms with Gasteiger partial charge in [0.05, 0.1) is 22.6 Å². The standard InChI is InChI=1S/C19H17N7/c20-10-13-3-1-2-4-15(13)25-19-22-8-7-16(26-19)14-11-23-18(21)24-17(14)9-12-5-6-12/h1-4,7-8,11-12H,5-6,9H2,(H2,21,23,24)(H,22,25,26). The highest BCUT2D eigenvalue weighted by molar-refractivity contribution is 5.66. The molecule has 0 saturated heterocycles. The fourth-order valence-electron chi connectivity index (χ4n) is 2.78. The first-order valence-corrected chi connectivity index (χ1v) is 8.44. The Balaban J connectivity index is 1.67. The van der Waals surface area contributed by atoms with Crippen molar-refractivity contribution in [2.24, 2.45) is 5.92 Å². The molecule has 0 atom stereocenters. The normalized spacial score (nSPS) is 13.2. The number of nitrogens with one attached hydrogen (secondary N) is 1. The Morgan fingerprint density at radius 1 is 1.15 bits per heavy atom. The van der Waals surface area contributed by atoms with E-state index in [1.54, 1.807) is 18.5 Å². The summed E-state index contributed by atoms with van der Waals surface area (Å²) in [5, 5.41) is 12.3. The summed E-state index contributed by atoms with van der Waals surface area (Å²) in [7, 11) is 0. The average Bonchev–Trinajstić information content (AvgIpc) is 3.47. The van der Waals surface area contributed by atoms with E-state index in [9.17, 15) is 5.26 Å². The first-order valence-electron chi connectivity index (χ1n) is 8.44. The van der Waals surface area contributed by atoms with Gasteiger partial charge in [-0.1, -0.05) is 12.1 Å². The second kappa shape index (κ2) is 6.76. The minimum Gasteiger partial charge on any atom is -0.368 e. The molecule has 0 unspecified atom stereocenters. The number of nitriles is 1. The molecule has 1 aromatic carbocycles. The van der Waals surface area contributed by atoms with Gasteiger partial charge in [0.25, 0.3) is 0 Å². The maximum atomic E-state index is 9.22. The number of hydrogen-bond acceptors (Lipinski definition) is 7. The van der Waals surface area contributed by atoms with E-state index in [0.717, 1.165) is 23.4 Å². The minimum atomic E-state index is 0.278. The lowest BCUT2D eigenvalue weighted by Gasteiger charge is -2.10. The fourth-order valence-corrected chi connectivity index (χ4v) is 2.78. The minimum absolute atomic E-state index is 0.278. The van der Waals surface area contributed by atoms with Crippen LogP contribution in [-0.2, 0) is 6.42 Å². The SMILES string of the molecule is N#Cc1ccccc1Nc1nccc(-c2cnc(N)nc2CC2CC2)n1. The molecule has 1 saturated carbocycles. The van der Waals surface area contributed by atoms with E-state index in [0.29, 0.717) is 23.1 Å². The van der Waals surface area contributed by atoms with Crippen molar-refractivity contribution in [2.75, 3.05) is 11.1 Å². The molecule has 1 aliphatic carbocycles. The lowest BCUT2D eigenvalue weighted by molar-refractivity contribution is 0.802. The molecule has 3 aromatic rings. The van der Waals surface area contributed by atoms with Crippen LogP contribution in [0, 0.1) is 17.2 Å². The third-order valence-corrected chi connectivity index (χ3v) is 4.29. The van der Waals surface area contributed by atoms with Crippen LogP contribution in [-0.4, -0.2) is 19.9 Å². The highest BCUT2D eigenvalue weighted by Crippen LogP contribution is 2.34. The van der Waals surface area contributed by atoms with Gasteiger partial charge < -0.3 is 11.1 Å². The van der Waals surface area contributed by atoms with Crippen LogP contribution in [0.15, 0.2) is 42.7 Å². The van der Waals surface area contributed by atoms with Crippen molar-refractivity contribution in [2.45, 2.75) is 19.3 Å². The van der Waals surface area contributed by atoms with Crippen molar-refractivity contribution in [1.29, 1.82) is 5.26 Å². The van der Waals surface area contributed by atoms with Crippen molar-refractivity contribution in [3.8, 4) is 17.3 Å². The smallest absolute Gasteiger partial charge is 0.227 e. The van der Waals surface area contributed by atoms with Crippen LogP contribution < -0.4 is 11.1 Å². The molecular weight excluding hydrogens is 326 g/mol. The molecule has 1 aliphatic rings. The van der Waals surface area contributed by atoms with Crippen molar-refractivity contribution < 1.29 is 0 Å². The monoisotopic (exact) mass is 343 g/mol. The Hall–Kier alpha value is -3.53. The summed E-state index contributed by atoms with van der Waals surface area (Å²) in [4.78, 5) is 17.4. The highest BCUT2D eigenvalue weighted by atomic mass is 15.1. The highest BCUT2D eigenvalue weighted by Gasteiger charge is 2.24. The summed E-state index contributed by atoms with van der Waals surface area (Å²) in [6, 6.07) is 11.2. The Labute approximate surface area is 151 Å². The van der Waals surface area contributed by atoms with Crippen LogP contribution >= 0.6 is 0 Å². The summed E-state index contributed by atoms with van der Waals surface area (Å²) in [5.74, 6) is 1.36. The fraction of sp³-hybridized carbons (Fsp3) is 0.211. The molecule has 0 radical (unpaired) electrons. The molecule has 7 heteroatoms. The molecule has 1 fully saturated rings. The molecule has 128 valence electrons. The third-order valence-electron chi connectivity index (χ3n) is 4.29. The predicted molar refractivity (Wildman–Crippen MR) is 98.3 cm³/mol. The summed E-state index contributed by atoms with van der Waals surface area (Å²) in [6.07, 6.45) is 6.73. The molecule has 2 aromatic heterocycles. The van der Waals surface area contributed by atoms with E-state index in [2.05, 4.69) is 31.3 Å².